The molecule has 1 fully saturated rings. The molecule has 2 heteroatoms. The molecule has 0 bridgehead atoms. The summed E-state index contributed by atoms with van der Waals surface area (Å²) >= 11 is 0. The molecule has 0 unspecified atom stereocenters. The summed E-state index contributed by atoms with van der Waals surface area (Å²) in [4.78, 5) is 0. The van der Waals surface area contributed by atoms with Crippen molar-refractivity contribution >= 4 is 0 Å². The van der Waals surface area contributed by atoms with Gasteiger partial charge in [-0.1, -0.05) is 0 Å². The summed E-state index contributed by atoms with van der Waals surface area (Å²) in [6, 6.07) is 7.10. The van der Waals surface area contributed by atoms with E-state index >= 15 is 0 Å². The van der Waals surface area contributed by atoms with Crippen LogP contribution in [0.15, 0.2) is 18.2 Å². The Morgan fingerprint density at radius 1 is 1.58 bits per heavy atom. The van der Waals surface area contributed by atoms with Crippen LogP contribution in [0.5, 0.6) is 5.75 Å². The molecule has 1 aromatic carbocycles. The zero-order valence-corrected chi connectivity index (χ0v) is 6.72. The summed E-state index contributed by atoms with van der Waals surface area (Å²) in [6.45, 7) is 0.708. The van der Waals surface area contributed by atoms with Crippen molar-refractivity contribution in [2.75, 3.05) is 6.61 Å². The van der Waals surface area contributed by atoms with Crippen LogP contribution in [-0.4, -0.2) is 6.61 Å². The topological polar surface area (TPSA) is 9.23 Å². The van der Waals surface area contributed by atoms with Crippen LogP contribution in [0.3, 0.4) is 0 Å². The van der Waals surface area contributed by atoms with Gasteiger partial charge in [0.05, 0.1) is 6.61 Å². The zero-order chi connectivity index (χ0) is 8.39. The Hall–Kier alpha value is -1.05. The van der Waals surface area contributed by atoms with E-state index in [-0.39, 0.29) is 5.82 Å². The molecule has 0 aliphatic heterocycles. The van der Waals surface area contributed by atoms with E-state index in [2.05, 4.69) is 6.07 Å². The summed E-state index contributed by atoms with van der Waals surface area (Å²) in [7, 11) is 0. The second kappa shape index (κ2) is 3.13. The maximum atomic E-state index is 12.6. The number of hydrogen-bond acceptors (Lipinski definition) is 1. The third kappa shape index (κ3) is 1.97. The summed E-state index contributed by atoms with van der Waals surface area (Å²) in [6.07, 6.45) is 2.49. The van der Waals surface area contributed by atoms with E-state index in [1.807, 2.05) is 0 Å². The van der Waals surface area contributed by atoms with Gasteiger partial charge in [0.2, 0.25) is 0 Å². The molecule has 1 nitrogen and oxygen atoms in total. The lowest BCUT2D eigenvalue weighted by Gasteiger charge is -2.03. The van der Waals surface area contributed by atoms with Gasteiger partial charge in [-0.15, -0.1) is 0 Å². The molecule has 0 heterocycles. The summed E-state index contributed by atoms with van der Waals surface area (Å²) in [5.74, 6) is 0.947. The van der Waals surface area contributed by atoms with Crippen LogP contribution in [0.4, 0.5) is 4.39 Å². The highest BCUT2D eigenvalue weighted by atomic mass is 19.1. The molecule has 0 aromatic heterocycles. The number of ether oxygens (including phenoxy) is 1. The number of rotatable bonds is 3. The van der Waals surface area contributed by atoms with Gasteiger partial charge in [-0.05, 0) is 30.9 Å². The molecule has 2 rings (SSSR count). The fourth-order valence-electron chi connectivity index (χ4n) is 0.994. The normalized spacial score (nSPS) is 16.1. The van der Waals surface area contributed by atoms with Crippen LogP contribution in [-0.2, 0) is 0 Å². The quantitative estimate of drug-likeness (QED) is 0.668. The Bertz CT molecular complexity index is 268. The Morgan fingerprint density at radius 2 is 2.42 bits per heavy atom. The summed E-state index contributed by atoms with van der Waals surface area (Å²) in [5.41, 5.74) is 0. The first-order valence-corrected chi connectivity index (χ1v) is 4.14. The second-order valence-electron chi connectivity index (χ2n) is 3.13. The van der Waals surface area contributed by atoms with Crippen molar-refractivity contribution in [1.29, 1.82) is 0 Å². The minimum absolute atomic E-state index is 0.264. The van der Waals surface area contributed by atoms with Gasteiger partial charge in [0.1, 0.15) is 11.6 Å². The van der Waals surface area contributed by atoms with E-state index in [9.17, 15) is 4.39 Å². The number of benzene rings is 1. The van der Waals surface area contributed by atoms with Crippen LogP contribution in [0.2, 0.25) is 0 Å². The van der Waals surface area contributed by atoms with E-state index in [0.717, 1.165) is 0 Å². The Morgan fingerprint density at radius 3 is 3.08 bits per heavy atom. The summed E-state index contributed by atoms with van der Waals surface area (Å²) < 4.78 is 17.9. The molecule has 0 amide bonds. The van der Waals surface area contributed by atoms with Crippen molar-refractivity contribution in [2.24, 2.45) is 5.92 Å². The molecular formula is C10H10FO. The van der Waals surface area contributed by atoms with E-state index in [1.54, 1.807) is 0 Å². The predicted molar refractivity (Wildman–Crippen MR) is 43.5 cm³/mol. The highest BCUT2D eigenvalue weighted by molar-refractivity contribution is 5.20. The van der Waals surface area contributed by atoms with E-state index in [0.29, 0.717) is 18.3 Å². The van der Waals surface area contributed by atoms with Crippen molar-refractivity contribution in [3.63, 3.8) is 0 Å². The first kappa shape index (κ1) is 7.59. The molecule has 63 valence electrons. The Balaban J connectivity index is 1.92. The number of hydrogen-bond donors (Lipinski definition) is 0. The molecule has 12 heavy (non-hydrogen) atoms. The van der Waals surface area contributed by atoms with Crippen LogP contribution in [0.25, 0.3) is 0 Å². The second-order valence-corrected chi connectivity index (χ2v) is 3.13. The maximum Gasteiger partial charge on any atom is 0.130 e. The van der Waals surface area contributed by atoms with Crippen LogP contribution >= 0.6 is 0 Å². The molecule has 1 radical (unpaired) electrons. The standard InChI is InChI=1S/C10H10FO/c11-9-2-1-3-10(6-9)12-7-8-4-5-8/h1-2,6,8H,4-5,7H2. The van der Waals surface area contributed by atoms with Gasteiger partial charge in [-0.2, -0.15) is 0 Å². The molecule has 1 aromatic rings. The minimum atomic E-state index is -0.264. The smallest absolute Gasteiger partial charge is 0.130 e. The molecule has 0 N–H and O–H groups in total. The van der Waals surface area contributed by atoms with Crippen molar-refractivity contribution in [2.45, 2.75) is 12.8 Å². The lowest BCUT2D eigenvalue weighted by Crippen LogP contribution is -1.98. The van der Waals surface area contributed by atoms with Crippen molar-refractivity contribution < 1.29 is 9.13 Å². The van der Waals surface area contributed by atoms with Crippen molar-refractivity contribution in [3.8, 4) is 5.75 Å². The van der Waals surface area contributed by atoms with Crippen molar-refractivity contribution in [3.05, 3.63) is 30.1 Å². The fraction of sp³-hybridized carbons (Fsp3) is 0.400. The van der Waals surface area contributed by atoms with Gasteiger partial charge < -0.3 is 4.74 Å². The average Bonchev–Trinajstić information content (AvgIpc) is 2.84. The highest BCUT2D eigenvalue weighted by Crippen LogP contribution is 2.29. The van der Waals surface area contributed by atoms with E-state index in [1.165, 1.54) is 31.0 Å². The molecule has 0 atom stereocenters. The zero-order valence-electron chi connectivity index (χ0n) is 6.72. The van der Waals surface area contributed by atoms with Gasteiger partial charge in [-0.3, -0.25) is 0 Å². The van der Waals surface area contributed by atoms with Crippen LogP contribution in [0.1, 0.15) is 12.8 Å². The Kier molecular flexibility index (Phi) is 1.98. The monoisotopic (exact) mass is 165 g/mol. The third-order valence-corrected chi connectivity index (χ3v) is 1.91. The van der Waals surface area contributed by atoms with Gasteiger partial charge in [0, 0.05) is 12.1 Å². The van der Waals surface area contributed by atoms with Crippen molar-refractivity contribution in [1.82, 2.24) is 0 Å². The first-order valence-electron chi connectivity index (χ1n) is 4.14. The predicted octanol–water partition coefficient (Wildman–Crippen LogP) is 2.41. The molecule has 0 saturated heterocycles. The average molecular weight is 165 g/mol. The van der Waals surface area contributed by atoms with Gasteiger partial charge in [0.25, 0.3) is 0 Å². The molecule has 0 spiro atoms. The largest absolute Gasteiger partial charge is 0.493 e. The lowest BCUT2D eigenvalue weighted by molar-refractivity contribution is 0.297. The minimum Gasteiger partial charge on any atom is -0.493 e. The SMILES string of the molecule is Fc1cc[c]c(OCC2CC2)c1. The van der Waals surface area contributed by atoms with Crippen LogP contribution < -0.4 is 4.74 Å². The van der Waals surface area contributed by atoms with E-state index < -0.39 is 0 Å². The fourth-order valence-corrected chi connectivity index (χ4v) is 0.994. The lowest BCUT2D eigenvalue weighted by atomic mass is 10.3. The Labute approximate surface area is 71.2 Å². The molecular weight excluding hydrogens is 155 g/mol. The number of halogens is 1. The van der Waals surface area contributed by atoms with Crippen LogP contribution in [0, 0.1) is 17.8 Å². The molecule has 1 aliphatic rings. The summed E-state index contributed by atoms with van der Waals surface area (Å²) in [5, 5.41) is 0. The van der Waals surface area contributed by atoms with Gasteiger partial charge in [0.15, 0.2) is 0 Å². The van der Waals surface area contributed by atoms with Gasteiger partial charge in [-0.25, -0.2) is 4.39 Å². The first-order chi connectivity index (χ1) is 5.84. The molecule has 1 aliphatic carbocycles. The maximum absolute atomic E-state index is 12.6. The molecule has 1 saturated carbocycles. The highest BCUT2D eigenvalue weighted by Gasteiger charge is 2.21. The van der Waals surface area contributed by atoms with E-state index in [4.69, 9.17) is 4.74 Å². The van der Waals surface area contributed by atoms with Gasteiger partial charge >= 0.3 is 0 Å². The third-order valence-electron chi connectivity index (χ3n) is 1.91.